The normalized spacial score (nSPS) is 13.9. The lowest BCUT2D eigenvalue weighted by molar-refractivity contribution is 0.398. The summed E-state index contributed by atoms with van der Waals surface area (Å²) >= 11 is 0. The molecule has 0 bridgehead atoms. The summed E-state index contributed by atoms with van der Waals surface area (Å²) in [6.45, 7) is 0. The molecule has 3 rings (SSSR count). The lowest BCUT2D eigenvalue weighted by Gasteiger charge is -2.16. The number of nitrogens with two attached hydrogens (primary N) is 1. The number of nitrogens with zero attached hydrogens (tertiary/aromatic N) is 3. The Balaban J connectivity index is 2.07. The highest BCUT2D eigenvalue weighted by Gasteiger charge is 2.17. The van der Waals surface area contributed by atoms with E-state index < -0.39 is 0 Å². The molecule has 0 amide bonds. The summed E-state index contributed by atoms with van der Waals surface area (Å²) in [5.41, 5.74) is 8.91. The van der Waals surface area contributed by atoms with E-state index in [2.05, 4.69) is 15.0 Å². The first kappa shape index (κ1) is 11.9. The Bertz CT molecular complexity index is 612. The Morgan fingerprint density at radius 2 is 1.95 bits per heavy atom. The highest BCUT2D eigenvalue weighted by molar-refractivity contribution is 5.56. The van der Waals surface area contributed by atoms with Crippen molar-refractivity contribution in [2.24, 2.45) is 0 Å². The Kier molecular flexibility index (Phi) is 3.03. The molecule has 2 aromatic heterocycles. The van der Waals surface area contributed by atoms with E-state index >= 15 is 0 Å². The van der Waals surface area contributed by atoms with Gasteiger partial charge in [0.1, 0.15) is 11.5 Å². The van der Waals surface area contributed by atoms with Crippen LogP contribution in [0.4, 0.5) is 5.82 Å². The molecule has 0 saturated carbocycles. The standard InChI is InChI=1S/C14H16N4O/c1-19-12-8-4-7-11(16-12)14-17-10-6-3-2-5-9(10)13(15)18-14/h4,7-8H,2-3,5-6H2,1H3,(H2,15,17,18). The van der Waals surface area contributed by atoms with Crippen LogP contribution in [0.25, 0.3) is 11.5 Å². The average molecular weight is 256 g/mol. The van der Waals surface area contributed by atoms with Crippen LogP contribution in [0, 0.1) is 0 Å². The SMILES string of the molecule is COc1cccc(-c2nc(N)c3c(n2)CCCC3)n1. The summed E-state index contributed by atoms with van der Waals surface area (Å²) in [5, 5.41) is 0. The molecule has 0 aliphatic heterocycles. The predicted molar refractivity (Wildman–Crippen MR) is 72.9 cm³/mol. The average Bonchev–Trinajstić information content (AvgIpc) is 2.47. The number of hydrogen-bond donors (Lipinski definition) is 1. The lowest BCUT2D eigenvalue weighted by Crippen LogP contribution is -2.12. The van der Waals surface area contributed by atoms with Gasteiger partial charge < -0.3 is 10.5 Å². The summed E-state index contributed by atoms with van der Waals surface area (Å²) in [4.78, 5) is 13.3. The van der Waals surface area contributed by atoms with Crippen molar-refractivity contribution in [1.29, 1.82) is 0 Å². The number of rotatable bonds is 2. The van der Waals surface area contributed by atoms with Crippen LogP contribution < -0.4 is 10.5 Å². The van der Waals surface area contributed by atoms with Gasteiger partial charge in [-0.05, 0) is 31.7 Å². The fourth-order valence-corrected chi connectivity index (χ4v) is 2.39. The van der Waals surface area contributed by atoms with E-state index in [1.165, 1.54) is 0 Å². The number of methoxy groups -OCH3 is 1. The summed E-state index contributed by atoms with van der Waals surface area (Å²) in [7, 11) is 1.59. The zero-order valence-corrected chi connectivity index (χ0v) is 10.9. The third-order valence-electron chi connectivity index (χ3n) is 3.38. The number of hydrogen-bond acceptors (Lipinski definition) is 5. The zero-order chi connectivity index (χ0) is 13.2. The maximum atomic E-state index is 6.04. The van der Waals surface area contributed by atoms with Gasteiger partial charge >= 0.3 is 0 Å². The number of anilines is 1. The van der Waals surface area contributed by atoms with E-state index in [0.717, 1.165) is 36.9 Å². The van der Waals surface area contributed by atoms with Crippen LogP contribution in [-0.4, -0.2) is 22.1 Å². The van der Waals surface area contributed by atoms with Crippen molar-refractivity contribution in [2.45, 2.75) is 25.7 Å². The molecule has 5 nitrogen and oxygen atoms in total. The molecule has 0 spiro atoms. The van der Waals surface area contributed by atoms with E-state index in [4.69, 9.17) is 10.5 Å². The van der Waals surface area contributed by atoms with Gasteiger partial charge in [0, 0.05) is 17.3 Å². The van der Waals surface area contributed by atoms with Gasteiger partial charge in [-0.2, -0.15) is 0 Å². The fourth-order valence-electron chi connectivity index (χ4n) is 2.39. The van der Waals surface area contributed by atoms with Crippen molar-refractivity contribution in [1.82, 2.24) is 15.0 Å². The summed E-state index contributed by atoms with van der Waals surface area (Å²) in [5.74, 6) is 1.72. The first-order valence-electron chi connectivity index (χ1n) is 6.44. The maximum absolute atomic E-state index is 6.04. The van der Waals surface area contributed by atoms with Crippen molar-refractivity contribution in [3.05, 3.63) is 29.5 Å². The molecule has 0 atom stereocenters. The Morgan fingerprint density at radius 1 is 1.11 bits per heavy atom. The molecule has 19 heavy (non-hydrogen) atoms. The quantitative estimate of drug-likeness (QED) is 0.889. The zero-order valence-electron chi connectivity index (χ0n) is 10.9. The van der Waals surface area contributed by atoms with E-state index in [-0.39, 0.29) is 0 Å². The predicted octanol–water partition coefficient (Wildman–Crippen LogP) is 2.01. The van der Waals surface area contributed by atoms with Gasteiger partial charge in [0.25, 0.3) is 0 Å². The third-order valence-corrected chi connectivity index (χ3v) is 3.38. The Hall–Kier alpha value is -2.17. The van der Waals surface area contributed by atoms with E-state index in [0.29, 0.717) is 23.2 Å². The highest BCUT2D eigenvalue weighted by Crippen LogP contribution is 2.26. The number of pyridine rings is 1. The molecule has 0 aromatic carbocycles. The number of aromatic nitrogens is 3. The summed E-state index contributed by atoms with van der Waals surface area (Å²) in [6.07, 6.45) is 4.28. The van der Waals surface area contributed by atoms with Crippen LogP contribution in [-0.2, 0) is 12.8 Å². The fraction of sp³-hybridized carbons (Fsp3) is 0.357. The van der Waals surface area contributed by atoms with E-state index in [9.17, 15) is 0 Å². The van der Waals surface area contributed by atoms with Crippen molar-refractivity contribution >= 4 is 5.82 Å². The monoisotopic (exact) mass is 256 g/mol. The first-order valence-corrected chi connectivity index (χ1v) is 6.44. The van der Waals surface area contributed by atoms with Gasteiger partial charge in [0.15, 0.2) is 5.82 Å². The molecule has 98 valence electrons. The van der Waals surface area contributed by atoms with Crippen molar-refractivity contribution in [3.8, 4) is 17.4 Å². The number of fused-ring (bicyclic) bond motifs is 1. The van der Waals surface area contributed by atoms with Gasteiger partial charge in [-0.15, -0.1) is 0 Å². The number of nitrogen functional groups attached to an aromatic ring is 1. The van der Waals surface area contributed by atoms with Gasteiger partial charge in [-0.1, -0.05) is 6.07 Å². The van der Waals surface area contributed by atoms with E-state index in [1.807, 2.05) is 12.1 Å². The van der Waals surface area contributed by atoms with Gasteiger partial charge in [-0.3, -0.25) is 0 Å². The molecule has 5 heteroatoms. The number of ether oxygens (including phenoxy) is 1. The molecule has 2 heterocycles. The van der Waals surface area contributed by atoms with Crippen LogP contribution in [0.3, 0.4) is 0 Å². The van der Waals surface area contributed by atoms with Gasteiger partial charge in [0.05, 0.1) is 7.11 Å². The second-order valence-corrected chi connectivity index (χ2v) is 4.63. The van der Waals surface area contributed by atoms with Crippen LogP contribution in [0.1, 0.15) is 24.1 Å². The van der Waals surface area contributed by atoms with Crippen molar-refractivity contribution < 1.29 is 4.74 Å². The van der Waals surface area contributed by atoms with E-state index in [1.54, 1.807) is 13.2 Å². The Labute approximate surface area is 111 Å². The van der Waals surface area contributed by atoms with Gasteiger partial charge in [0.2, 0.25) is 5.88 Å². The van der Waals surface area contributed by atoms with Gasteiger partial charge in [-0.25, -0.2) is 15.0 Å². The molecule has 0 radical (unpaired) electrons. The molecule has 0 saturated heterocycles. The second kappa shape index (κ2) is 4.84. The second-order valence-electron chi connectivity index (χ2n) is 4.63. The highest BCUT2D eigenvalue weighted by atomic mass is 16.5. The lowest BCUT2D eigenvalue weighted by atomic mass is 9.96. The Morgan fingerprint density at radius 3 is 2.79 bits per heavy atom. The van der Waals surface area contributed by atoms with Crippen molar-refractivity contribution in [3.63, 3.8) is 0 Å². The van der Waals surface area contributed by atoms with Crippen LogP contribution in [0.5, 0.6) is 5.88 Å². The molecule has 0 unspecified atom stereocenters. The third kappa shape index (κ3) is 2.23. The molecule has 2 aromatic rings. The minimum Gasteiger partial charge on any atom is -0.481 e. The molecule has 0 fully saturated rings. The largest absolute Gasteiger partial charge is 0.481 e. The molecule has 1 aliphatic carbocycles. The number of aryl methyl sites for hydroxylation is 1. The minimum absolute atomic E-state index is 0.553. The molecule has 1 aliphatic rings. The maximum Gasteiger partial charge on any atom is 0.213 e. The van der Waals surface area contributed by atoms with Crippen LogP contribution in [0.2, 0.25) is 0 Å². The molecule has 2 N–H and O–H groups in total. The molecular formula is C14H16N4O. The summed E-state index contributed by atoms with van der Waals surface area (Å²) in [6, 6.07) is 5.54. The van der Waals surface area contributed by atoms with Crippen LogP contribution >= 0.6 is 0 Å². The van der Waals surface area contributed by atoms with Crippen molar-refractivity contribution in [2.75, 3.05) is 12.8 Å². The topological polar surface area (TPSA) is 73.9 Å². The summed E-state index contributed by atoms with van der Waals surface area (Å²) < 4.78 is 5.12. The molecular weight excluding hydrogens is 240 g/mol. The smallest absolute Gasteiger partial charge is 0.213 e. The first-order chi connectivity index (χ1) is 9.28. The van der Waals surface area contributed by atoms with Crippen LogP contribution in [0.15, 0.2) is 18.2 Å². The minimum atomic E-state index is 0.553.